The second-order valence-corrected chi connectivity index (χ2v) is 6.52. The number of aromatic hydroxyl groups is 1. The standard InChI is InChI=1S/C10H10O2.C8H10NO6P/c1-12-10(11)8-7-9-5-3-2-4-6-9;1-5-8(11)7(3-10)6(2-9-5)4-15-16(12,13)14/h2-8H,1H3;2-3,11H,4H2,1H3,(H2,12,13,14)/b8-7+;. The van der Waals surface area contributed by atoms with Gasteiger partial charge in [0.2, 0.25) is 0 Å². The average molecular weight is 409 g/mol. The second kappa shape index (κ2) is 11.1. The van der Waals surface area contributed by atoms with E-state index >= 15 is 0 Å². The Hall–Kier alpha value is -2.84. The fourth-order valence-electron chi connectivity index (χ4n) is 1.85. The van der Waals surface area contributed by atoms with E-state index < -0.39 is 14.4 Å². The number of benzene rings is 1. The Morgan fingerprint density at radius 3 is 2.43 bits per heavy atom. The van der Waals surface area contributed by atoms with Crippen molar-refractivity contribution in [1.29, 1.82) is 0 Å². The van der Waals surface area contributed by atoms with Gasteiger partial charge in [0, 0.05) is 17.8 Å². The lowest BCUT2D eigenvalue weighted by molar-refractivity contribution is -0.134. The first kappa shape index (κ1) is 23.2. The maximum atomic E-state index is 10.7. The van der Waals surface area contributed by atoms with Gasteiger partial charge in [-0.15, -0.1) is 0 Å². The molecule has 1 heterocycles. The van der Waals surface area contributed by atoms with Crippen LogP contribution >= 0.6 is 7.82 Å². The fraction of sp³-hybridized carbons (Fsp3) is 0.167. The zero-order valence-electron chi connectivity index (χ0n) is 15.2. The average Bonchev–Trinajstić information content (AvgIpc) is 2.67. The van der Waals surface area contributed by atoms with Crippen LogP contribution in [0.1, 0.15) is 27.2 Å². The maximum Gasteiger partial charge on any atom is 0.469 e. The summed E-state index contributed by atoms with van der Waals surface area (Å²) >= 11 is 0. The lowest BCUT2D eigenvalue weighted by Gasteiger charge is -2.09. The summed E-state index contributed by atoms with van der Waals surface area (Å²) in [7, 11) is -3.26. The monoisotopic (exact) mass is 409 g/mol. The molecular formula is C18H20NO8P. The van der Waals surface area contributed by atoms with E-state index in [1.165, 1.54) is 26.3 Å². The minimum atomic E-state index is -4.61. The molecule has 0 aliphatic heterocycles. The zero-order valence-corrected chi connectivity index (χ0v) is 16.1. The molecule has 10 heteroatoms. The van der Waals surface area contributed by atoms with Crippen molar-refractivity contribution in [1.82, 2.24) is 4.98 Å². The molecule has 2 rings (SSSR count). The van der Waals surface area contributed by atoms with Crippen LogP contribution < -0.4 is 0 Å². The van der Waals surface area contributed by atoms with Gasteiger partial charge in [0.05, 0.1) is 25.0 Å². The van der Waals surface area contributed by atoms with Crippen LogP contribution in [0.4, 0.5) is 0 Å². The molecule has 150 valence electrons. The molecule has 0 bridgehead atoms. The molecule has 0 saturated heterocycles. The first-order valence-corrected chi connectivity index (χ1v) is 9.34. The van der Waals surface area contributed by atoms with Crippen molar-refractivity contribution in [2.24, 2.45) is 0 Å². The van der Waals surface area contributed by atoms with Crippen molar-refractivity contribution in [2.75, 3.05) is 7.11 Å². The van der Waals surface area contributed by atoms with Crippen LogP contribution in [0.5, 0.6) is 5.75 Å². The van der Waals surface area contributed by atoms with Crippen LogP contribution in [0.2, 0.25) is 0 Å². The normalized spacial score (nSPS) is 10.9. The molecule has 0 saturated carbocycles. The second-order valence-electron chi connectivity index (χ2n) is 5.28. The third kappa shape index (κ3) is 8.24. The lowest BCUT2D eigenvalue weighted by atomic mass is 10.1. The summed E-state index contributed by atoms with van der Waals surface area (Å²) in [6.07, 6.45) is 4.71. The van der Waals surface area contributed by atoms with E-state index in [0.29, 0.717) is 6.29 Å². The molecule has 1 aromatic carbocycles. The largest absolute Gasteiger partial charge is 0.505 e. The van der Waals surface area contributed by atoms with Gasteiger partial charge < -0.3 is 19.6 Å². The minimum absolute atomic E-state index is 0.0825. The summed E-state index contributed by atoms with van der Waals surface area (Å²) in [6, 6.07) is 9.59. The van der Waals surface area contributed by atoms with Gasteiger partial charge in [0.1, 0.15) is 5.75 Å². The number of carbonyl (C=O) groups is 2. The Bertz CT molecular complexity index is 877. The topological polar surface area (TPSA) is 143 Å². The predicted octanol–water partition coefficient (Wildman–Crippen LogP) is 2.39. The molecule has 0 unspecified atom stereocenters. The first-order chi connectivity index (χ1) is 13.2. The van der Waals surface area contributed by atoms with Crippen molar-refractivity contribution < 1.29 is 38.3 Å². The summed E-state index contributed by atoms with van der Waals surface area (Å²) in [5.41, 5.74) is 1.27. The van der Waals surface area contributed by atoms with Crippen molar-refractivity contribution in [2.45, 2.75) is 13.5 Å². The SMILES string of the molecule is COC(=O)/C=C/c1ccccc1.Cc1ncc(COP(=O)(O)O)c(C=O)c1O. The highest BCUT2D eigenvalue weighted by atomic mass is 31.2. The molecule has 0 amide bonds. The number of esters is 1. The molecule has 28 heavy (non-hydrogen) atoms. The number of carbonyl (C=O) groups excluding carboxylic acids is 2. The number of hydrogen-bond donors (Lipinski definition) is 3. The number of phosphoric acid groups is 1. The van der Waals surface area contributed by atoms with Crippen LogP contribution in [-0.2, 0) is 25.2 Å². The molecular weight excluding hydrogens is 389 g/mol. The van der Waals surface area contributed by atoms with Gasteiger partial charge >= 0.3 is 13.8 Å². The summed E-state index contributed by atoms with van der Waals surface area (Å²) < 4.78 is 19.1. The highest BCUT2D eigenvalue weighted by Crippen LogP contribution is 2.37. The number of aromatic nitrogens is 1. The third-order valence-electron chi connectivity index (χ3n) is 3.28. The van der Waals surface area contributed by atoms with Gasteiger partial charge in [0.15, 0.2) is 6.29 Å². The number of ether oxygens (including phenoxy) is 1. The maximum absolute atomic E-state index is 10.7. The Morgan fingerprint density at radius 2 is 1.89 bits per heavy atom. The number of rotatable bonds is 6. The number of aldehydes is 1. The molecule has 0 spiro atoms. The van der Waals surface area contributed by atoms with E-state index in [2.05, 4.69) is 14.2 Å². The van der Waals surface area contributed by atoms with Crippen LogP contribution in [0.15, 0.2) is 42.6 Å². The van der Waals surface area contributed by atoms with Crippen molar-refractivity contribution in [3.8, 4) is 5.75 Å². The van der Waals surface area contributed by atoms with Crippen molar-refractivity contribution >= 4 is 26.2 Å². The number of aryl methyl sites for hydroxylation is 1. The van der Waals surface area contributed by atoms with Gasteiger partial charge in [0.25, 0.3) is 0 Å². The summed E-state index contributed by atoms with van der Waals surface area (Å²) in [4.78, 5) is 42.1. The third-order valence-corrected chi connectivity index (χ3v) is 3.74. The van der Waals surface area contributed by atoms with Crippen LogP contribution in [0.25, 0.3) is 6.08 Å². The fourth-order valence-corrected chi connectivity index (χ4v) is 2.16. The molecule has 0 aliphatic rings. The van der Waals surface area contributed by atoms with E-state index in [4.69, 9.17) is 9.79 Å². The van der Waals surface area contributed by atoms with Gasteiger partial charge in [-0.2, -0.15) is 0 Å². The van der Waals surface area contributed by atoms with E-state index in [1.807, 2.05) is 30.3 Å². The number of phosphoric ester groups is 1. The molecule has 9 nitrogen and oxygen atoms in total. The highest BCUT2D eigenvalue weighted by Gasteiger charge is 2.17. The first-order valence-electron chi connectivity index (χ1n) is 7.81. The van der Waals surface area contributed by atoms with Crippen molar-refractivity contribution in [3.63, 3.8) is 0 Å². The van der Waals surface area contributed by atoms with Crippen molar-refractivity contribution in [3.05, 3.63) is 65.0 Å². The Morgan fingerprint density at radius 1 is 1.25 bits per heavy atom. The van der Waals surface area contributed by atoms with Gasteiger partial charge in [-0.25, -0.2) is 9.36 Å². The predicted molar refractivity (Wildman–Crippen MR) is 100 cm³/mol. The highest BCUT2D eigenvalue weighted by molar-refractivity contribution is 7.46. The van der Waals surface area contributed by atoms with Gasteiger partial charge in [-0.3, -0.25) is 14.3 Å². The van der Waals surface area contributed by atoms with Crippen LogP contribution in [0, 0.1) is 6.92 Å². The number of methoxy groups -OCH3 is 1. The Labute approximate surface area is 161 Å². The summed E-state index contributed by atoms with van der Waals surface area (Å²) in [6.45, 7) is 0.995. The molecule has 0 aliphatic carbocycles. The number of hydrogen-bond acceptors (Lipinski definition) is 7. The molecule has 2 aromatic rings. The molecule has 0 fully saturated rings. The Kier molecular flexibility index (Phi) is 9.20. The summed E-state index contributed by atoms with van der Waals surface area (Å²) in [5.74, 6) is -0.652. The molecule has 0 atom stereocenters. The van der Waals surface area contributed by atoms with Crippen LogP contribution in [-0.4, -0.2) is 39.2 Å². The molecule has 1 aromatic heterocycles. The molecule has 3 N–H and O–H groups in total. The lowest BCUT2D eigenvalue weighted by Crippen LogP contribution is -1.99. The van der Waals surface area contributed by atoms with E-state index in [-0.39, 0.29) is 28.5 Å². The quantitative estimate of drug-likeness (QED) is 0.283. The smallest absolute Gasteiger partial charge is 0.469 e. The minimum Gasteiger partial charge on any atom is -0.505 e. The van der Waals surface area contributed by atoms with Gasteiger partial charge in [-0.05, 0) is 18.6 Å². The number of pyridine rings is 1. The van der Waals surface area contributed by atoms with Gasteiger partial charge in [-0.1, -0.05) is 30.3 Å². The summed E-state index contributed by atoms with van der Waals surface area (Å²) in [5, 5.41) is 9.46. The Balaban J connectivity index is 0.000000292. The van der Waals surface area contributed by atoms with E-state index in [1.54, 1.807) is 6.08 Å². The van der Waals surface area contributed by atoms with Crippen LogP contribution in [0.3, 0.4) is 0 Å². The molecule has 0 radical (unpaired) electrons. The van der Waals surface area contributed by atoms with E-state index in [9.17, 15) is 19.3 Å². The zero-order chi connectivity index (χ0) is 21.2. The van der Waals surface area contributed by atoms with E-state index in [0.717, 1.165) is 5.56 Å². The number of nitrogens with zero attached hydrogens (tertiary/aromatic N) is 1.